The summed E-state index contributed by atoms with van der Waals surface area (Å²) in [6.45, 7) is 7.39. The summed E-state index contributed by atoms with van der Waals surface area (Å²) in [6, 6.07) is 2.11. The molecular weight excluding hydrogens is 234 g/mol. The van der Waals surface area contributed by atoms with E-state index in [9.17, 15) is 0 Å². The monoisotopic (exact) mass is 267 g/mol. The molecule has 2 rings (SSSR count). The number of likely N-dealkylation sites (N-methyl/N-ethyl adjacent to an activating group) is 3. The second kappa shape index (κ2) is 6.11. The molecule has 3 nitrogen and oxygen atoms in total. The minimum atomic E-state index is 0.507. The molecular formula is C16H33N3. The third kappa shape index (κ3) is 3.71. The number of piperidine rings is 1. The summed E-state index contributed by atoms with van der Waals surface area (Å²) in [6.07, 6.45) is 6.73. The quantitative estimate of drug-likeness (QED) is 0.845. The number of likely N-dealkylation sites (tertiary alicyclic amines) is 1. The molecule has 3 unspecified atom stereocenters. The highest BCUT2D eigenvalue weighted by Crippen LogP contribution is 2.38. The zero-order valence-corrected chi connectivity index (χ0v) is 13.6. The van der Waals surface area contributed by atoms with Gasteiger partial charge in [-0.15, -0.1) is 0 Å². The normalized spacial score (nSPS) is 36.6. The van der Waals surface area contributed by atoms with E-state index in [2.05, 4.69) is 50.1 Å². The number of hydrogen-bond acceptors (Lipinski definition) is 3. The van der Waals surface area contributed by atoms with Crippen molar-refractivity contribution < 1.29 is 0 Å². The Morgan fingerprint density at radius 3 is 2.63 bits per heavy atom. The van der Waals surface area contributed by atoms with Gasteiger partial charge < -0.3 is 10.2 Å². The molecule has 1 aliphatic heterocycles. The Kier molecular flexibility index (Phi) is 4.91. The van der Waals surface area contributed by atoms with Crippen LogP contribution in [0.1, 0.15) is 46.0 Å². The Balaban J connectivity index is 2.03. The van der Waals surface area contributed by atoms with Gasteiger partial charge in [0.05, 0.1) is 0 Å². The topological polar surface area (TPSA) is 18.5 Å². The summed E-state index contributed by atoms with van der Waals surface area (Å²) < 4.78 is 0. The van der Waals surface area contributed by atoms with Gasteiger partial charge in [-0.3, -0.25) is 4.90 Å². The lowest BCUT2D eigenvalue weighted by molar-refractivity contribution is 0.0322. The molecule has 2 fully saturated rings. The predicted octanol–water partition coefficient (Wildman–Crippen LogP) is 2.18. The molecule has 1 heterocycles. The van der Waals surface area contributed by atoms with Crippen LogP contribution in [0.4, 0.5) is 0 Å². The Morgan fingerprint density at radius 2 is 2.00 bits per heavy atom. The van der Waals surface area contributed by atoms with E-state index >= 15 is 0 Å². The van der Waals surface area contributed by atoms with Crippen molar-refractivity contribution in [1.29, 1.82) is 0 Å². The highest BCUT2D eigenvalue weighted by Gasteiger charge is 2.38. The zero-order chi connectivity index (χ0) is 14.0. The number of nitrogens with zero attached hydrogens (tertiary/aromatic N) is 2. The molecule has 0 spiro atoms. The van der Waals surface area contributed by atoms with Crippen molar-refractivity contribution in [2.45, 2.75) is 64.1 Å². The third-order valence-corrected chi connectivity index (χ3v) is 5.43. The van der Waals surface area contributed by atoms with E-state index in [-0.39, 0.29) is 0 Å². The summed E-state index contributed by atoms with van der Waals surface area (Å²) in [7, 11) is 6.76. The molecule has 2 aliphatic rings. The average molecular weight is 267 g/mol. The van der Waals surface area contributed by atoms with Gasteiger partial charge in [0.2, 0.25) is 0 Å². The Morgan fingerprint density at radius 1 is 1.26 bits per heavy atom. The molecule has 0 aromatic carbocycles. The first-order valence-electron chi connectivity index (χ1n) is 8.01. The van der Waals surface area contributed by atoms with Crippen LogP contribution in [0, 0.1) is 5.41 Å². The molecule has 0 aromatic rings. The van der Waals surface area contributed by atoms with Crippen molar-refractivity contribution in [3.05, 3.63) is 0 Å². The molecule has 19 heavy (non-hydrogen) atoms. The summed E-state index contributed by atoms with van der Waals surface area (Å²) in [5, 5.41) is 3.57. The highest BCUT2D eigenvalue weighted by molar-refractivity contribution is 4.95. The Hall–Kier alpha value is -0.120. The molecule has 0 amide bonds. The van der Waals surface area contributed by atoms with Crippen molar-refractivity contribution in [1.82, 2.24) is 15.1 Å². The van der Waals surface area contributed by atoms with Crippen LogP contribution in [0.15, 0.2) is 0 Å². The minimum Gasteiger partial charge on any atom is -0.315 e. The van der Waals surface area contributed by atoms with Crippen LogP contribution >= 0.6 is 0 Å². The van der Waals surface area contributed by atoms with Crippen LogP contribution in [0.5, 0.6) is 0 Å². The predicted molar refractivity (Wildman–Crippen MR) is 82.5 cm³/mol. The van der Waals surface area contributed by atoms with E-state index in [0.717, 1.165) is 6.04 Å². The first-order chi connectivity index (χ1) is 8.93. The lowest BCUT2D eigenvalue weighted by Gasteiger charge is -2.48. The van der Waals surface area contributed by atoms with Crippen molar-refractivity contribution in [2.75, 3.05) is 34.2 Å². The lowest BCUT2D eigenvalue weighted by Crippen LogP contribution is -2.58. The maximum Gasteiger partial charge on any atom is 0.0254 e. The van der Waals surface area contributed by atoms with Crippen LogP contribution in [0.2, 0.25) is 0 Å². The average Bonchev–Trinajstić information content (AvgIpc) is 2.37. The van der Waals surface area contributed by atoms with Gasteiger partial charge in [-0.25, -0.2) is 0 Å². The molecule has 1 saturated heterocycles. The largest absolute Gasteiger partial charge is 0.315 e. The van der Waals surface area contributed by atoms with Crippen molar-refractivity contribution >= 4 is 0 Å². The van der Waals surface area contributed by atoms with Crippen LogP contribution in [-0.2, 0) is 0 Å². The maximum absolute atomic E-state index is 3.57. The van der Waals surface area contributed by atoms with Gasteiger partial charge in [-0.2, -0.15) is 0 Å². The van der Waals surface area contributed by atoms with Gasteiger partial charge in [0.1, 0.15) is 0 Å². The van der Waals surface area contributed by atoms with Gasteiger partial charge in [-0.05, 0) is 65.2 Å². The van der Waals surface area contributed by atoms with Crippen LogP contribution in [0.25, 0.3) is 0 Å². The van der Waals surface area contributed by atoms with Crippen LogP contribution in [0.3, 0.4) is 0 Å². The SMILES string of the molecule is CNC1CCC(C)(C)CC1N(C)C1CCCN(C)C1. The fraction of sp³-hybridized carbons (Fsp3) is 1.00. The minimum absolute atomic E-state index is 0.507. The van der Waals surface area contributed by atoms with Gasteiger partial charge in [-0.1, -0.05) is 13.8 Å². The maximum atomic E-state index is 3.57. The van der Waals surface area contributed by atoms with Gasteiger partial charge in [0, 0.05) is 24.7 Å². The zero-order valence-electron chi connectivity index (χ0n) is 13.6. The van der Waals surface area contributed by atoms with Crippen molar-refractivity contribution in [2.24, 2.45) is 5.41 Å². The molecule has 1 aliphatic carbocycles. The molecule has 1 saturated carbocycles. The molecule has 3 heteroatoms. The first kappa shape index (κ1) is 15.3. The molecule has 112 valence electrons. The Bertz CT molecular complexity index is 290. The van der Waals surface area contributed by atoms with Gasteiger partial charge >= 0.3 is 0 Å². The smallest absolute Gasteiger partial charge is 0.0254 e. The fourth-order valence-electron chi connectivity index (χ4n) is 4.06. The molecule has 0 radical (unpaired) electrons. The Labute approximate surface area is 119 Å². The molecule has 1 N–H and O–H groups in total. The first-order valence-corrected chi connectivity index (χ1v) is 8.01. The second-order valence-electron chi connectivity index (χ2n) is 7.59. The van der Waals surface area contributed by atoms with Gasteiger partial charge in [0.15, 0.2) is 0 Å². The summed E-state index contributed by atoms with van der Waals surface area (Å²) in [5.41, 5.74) is 0.507. The summed E-state index contributed by atoms with van der Waals surface area (Å²) in [5.74, 6) is 0. The number of nitrogens with one attached hydrogen (secondary N) is 1. The second-order valence-corrected chi connectivity index (χ2v) is 7.59. The van der Waals surface area contributed by atoms with E-state index in [4.69, 9.17) is 0 Å². The van der Waals surface area contributed by atoms with E-state index in [1.165, 1.54) is 45.2 Å². The summed E-state index contributed by atoms with van der Waals surface area (Å²) >= 11 is 0. The van der Waals surface area contributed by atoms with E-state index in [1.807, 2.05) is 0 Å². The fourth-order valence-corrected chi connectivity index (χ4v) is 4.06. The highest BCUT2D eigenvalue weighted by atomic mass is 15.2. The van der Waals surface area contributed by atoms with Crippen LogP contribution in [-0.4, -0.2) is 62.2 Å². The number of hydrogen-bond donors (Lipinski definition) is 1. The molecule has 0 bridgehead atoms. The van der Waals surface area contributed by atoms with Gasteiger partial charge in [0.25, 0.3) is 0 Å². The van der Waals surface area contributed by atoms with E-state index in [0.29, 0.717) is 17.5 Å². The van der Waals surface area contributed by atoms with Crippen molar-refractivity contribution in [3.8, 4) is 0 Å². The van der Waals surface area contributed by atoms with Crippen LogP contribution < -0.4 is 5.32 Å². The standard InChI is InChI=1S/C16H33N3/c1-16(2)9-8-14(17-3)15(11-16)19(5)13-7-6-10-18(4)12-13/h13-15,17H,6-12H2,1-5H3. The molecule has 0 aromatic heterocycles. The summed E-state index contributed by atoms with van der Waals surface area (Å²) in [4.78, 5) is 5.19. The molecule has 3 atom stereocenters. The van der Waals surface area contributed by atoms with E-state index in [1.54, 1.807) is 0 Å². The van der Waals surface area contributed by atoms with E-state index < -0.39 is 0 Å². The number of rotatable bonds is 3. The lowest BCUT2D eigenvalue weighted by atomic mass is 9.72. The van der Waals surface area contributed by atoms with Crippen molar-refractivity contribution in [3.63, 3.8) is 0 Å². The third-order valence-electron chi connectivity index (χ3n) is 5.43.